The van der Waals surface area contributed by atoms with Gasteiger partial charge in [-0.1, -0.05) is 24.3 Å². The maximum Gasteiger partial charge on any atom is 0.250 e. The first kappa shape index (κ1) is 17.9. The van der Waals surface area contributed by atoms with Gasteiger partial charge in [0.1, 0.15) is 4.21 Å². The summed E-state index contributed by atoms with van der Waals surface area (Å²) in [7, 11) is -3.57. The van der Waals surface area contributed by atoms with Crippen LogP contribution in [0.5, 0.6) is 0 Å². The number of rotatable bonds is 6. The Hall–Kier alpha value is -2.48. The molecule has 4 rings (SSSR count). The number of thiophene rings is 1. The second-order valence-electron chi connectivity index (χ2n) is 6.42. The number of benzene rings is 1. The molecular weight excluding hydrogens is 378 g/mol. The molecule has 3 heterocycles. The summed E-state index contributed by atoms with van der Waals surface area (Å²) < 4.78 is 28.6. The molecule has 1 unspecified atom stereocenters. The molecule has 2 N–H and O–H groups in total. The lowest BCUT2D eigenvalue weighted by atomic mass is 10.1. The van der Waals surface area contributed by atoms with Crippen molar-refractivity contribution in [1.29, 1.82) is 0 Å². The number of hydrogen-bond acceptors (Lipinski definition) is 4. The number of aromatic nitrogens is 2. The Kier molecular flexibility index (Phi) is 4.82. The lowest BCUT2D eigenvalue weighted by Crippen LogP contribution is -2.33. The summed E-state index contributed by atoms with van der Waals surface area (Å²) in [6.07, 6.45) is 4.26. The third-order valence-electron chi connectivity index (χ3n) is 4.32. The number of sulfonamides is 1. The molecular formula is C20H19N3O2S2. The van der Waals surface area contributed by atoms with Crippen molar-refractivity contribution in [2.75, 3.05) is 0 Å². The molecule has 5 nitrogen and oxygen atoms in total. The number of fused-ring (bicyclic) bond motifs is 1. The van der Waals surface area contributed by atoms with Crippen molar-refractivity contribution < 1.29 is 8.42 Å². The van der Waals surface area contributed by atoms with Gasteiger partial charge in [0.05, 0.1) is 10.6 Å². The number of hydrogen-bond donors (Lipinski definition) is 2. The van der Waals surface area contributed by atoms with Crippen molar-refractivity contribution in [3.8, 4) is 10.6 Å². The van der Waals surface area contributed by atoms with Crippen molar-refractivity contribution in [3.63, 3.8) is 0 Å². The minimum Gasteiger partial charge on any atom is -0.361 e. The molecule has 7 heteroatoms. The lowest BCUT2D eigenvalue weighted by Gasteiger charge is -2.13. The van der Waals surface area contributed by atoms with E-state index in [1.807, 2.05) is 55.6 Å². The zero-order valence-corrected chi connectivity index (χ0v) is 16.3. The molecule has 0 fully saturated rings. The molecule has 138 valence electrons. The molecule has 1 aromatic carbocycles. The van der Waals surface area contributed by atoms with Gasteiger partial charge in [0.25, 0.3) is 0 Å². The van der Waals surface area contributed by atoms with Gasteiger partial charge in [0, 0.05) is 29.3 Å². The van der Waals surface area contributed by atoms with E-state index in [1.54, 1.807) is 18.3 Å². The molecule has 0 saturated carbocycles. The second-order valence-corrected chi connectivity index (χ2v) is 9.44. The minimum absolute atomic E-state index is 0.227. The first-order valence-electron chi connectivity index (χ1n) is 8.61. The summed E-state index contributed by atoms with van der Waals surface area (Å²) in [5.74, 6) is 0. The molecule has 0 aliphatic rings. The van der Waals surface area contributed by atoms with Crippen LogP contribution in [-0.4, -0.2) is 24.4 Å². The topological polar surface area (TPSA) is 74.8 Å². The van der Waals surface area contributed by atoms with E-state index in [0.29, 0.717) is 10.6 Å². The first-order chi connectivity index (χ1) is 13.0. The maximum atomic E-state index is 12.8. The molecule has 0 radical (unpaired) electrons. The van der Waals surface area contributed by atoms with E-state index in [9.17, 15) is 8.42 Å². The van der Waals surface area contributed by atoms with E-state index < -0.39 is 10.0 Å². The van der Waals surface area contributed by atoms with Crippen LogP contribution in [0.25, 0.3) is 21.5 Å². The molecule has 0 saturated heterocycles. The Morgan fingerprint density at radius 2 is 1.93 bits per heavy atom. The molecule has 0 bridgehead atoms. The van der Waals surface area contributed by atoms with Crippen LogP contribution in [-0.2, 0) is 16.4 Å². The summed E-state index contributed by atoms with van der Waals surface area (Å²) in [5.41, 5.74) is 2.93. The fourth-order valence-corrected chi connectivity index (χ4v) is 5.65. The van der Waals surface area contributed by atoms with Gasteiger partial charge in [0.2, 0.25) is 10.0 Å². The first-order valence-corrected chi connectivity index (χ1v) is 10.9. The highest BCUT2D eigenvalue weighted by Gasteiger charge is 2.21. The molecule has 0 aliphatic heterocycles. The second kappa shape index (κ2) is 7.26. The predicted molar refractivity (Wildman–Crippen MR) is 109 cm³/mol. The number of para-hydroxylation sites is 1. The van der Waals surface area contributed by atoms with Crippen molar-refractivity contribution in [2.45, 2.75) is 23.6 Å². The molecule has 1 atom stereocenters. The van der Waals surface area contributed by atoms with Crippen LogP contribution in [0.4, 0.5) is 0 Å². The number of pyridine rings is 1. The highest BCUT2D eigenvalue weighted by atomic mass is 32.2. The van der Waals surface area contributed by atoms with Gasteiger partial charge in [0.15, 0.2) is 0 Å². The average molecular weight is 398 g/mol. The molecule has 0 aliphatic carbocycles. The minimum atomic E-state index is -3.57. The fourth-order valence-electron chi connectivity index (χ4n) is 3.11. The highest BCUT2D eigenvalue weighted by molar-refractivity contribution is 7.91. The van der Waals surface area contributed by atoms with Gasteiger partial charge in [-0.2, -0.15) is 0 Å². The van der Waals surface area contributed by atoms with Gasteiger partial charge >= 0.3 is 0 Å². The van der Waals surface area contributed by atoms with Gasteiger partial charge in [-0.25, -0.2) is 13.1 Å². The van der Waals surface area contributed by atoms with Gasteiger partial charge in [-0.3, -0.25) is 4.98 Å². The molecule has 27 heavy (non-hydrogen) atoms. The Morgan fingerprint density at radius 1 is 1.11 bits per heavy atom. The van der Waals surface area contributed by atoms with Gasteiger partial charge in [-0.15, -0.1) is 11.3 Å². The van der Waals surface area contributed by atoms with Crippen LogP contribution < -0.4 is 4.72 Å². The number of nitrogens with zero attached hydrogens (tertiary/aromatic N) is 1. The zero-order valence-electron chi connectivity index (χ0n) is 14.7. The monoisotopic (exact) mass is 397 g/mol. The number of nitrogens with one attached hydrogen (secondary N) is 2. The van der Waals surface area contributed by atoms with E-state index in [-0.39, 0.29) is 6.04 Å². The van der Waals surface area contributed by atoms with Crippen molar-refractivity contribution >= 4 is 32.3 Å². The summed E-state index contributed by atoms with van der Waals surface area (Å²) in [4.78, 5) is 8.34. The van der Waals surface area contributed by atoms with E-state index in [0.717, 1.165) is 27.0 Å². The predicted octanol–water partition coefficient (Wildman–Crippen LogP) is 4.20. The largest absolute Gasteiger partial charge is 0.361 e. The highest BCUT2D eigenvalue weighted by Crippen LogP contribution is 2.29. The van der Waals surface area contributed by atoms with Crippen LogP contribution in [0.2, 0.25) is 0 Å². The van der Waals surface area contributed by atoms with Crippen LogP contribution in [0.15, 0.2) is 71.2 Å². The number of aromatic amines is 1. The molecule has 4 aromatic rings. The zero-order chi connectivity index (χ0) is 18.9. The van der Waals surface area contributed by atoms with E-state index in [1.165, 1.54) is 11.3 Å². The third-order valence-corrected chi connectivity index (χ3v) is 7.51. The average Bonchev–Trinajstić information content (AvgIpc) is 3.30. The van der Waals surface area contributed by atoms with Crippen LogP contribution in [0, 0.1) is 0 Å². The Labute approximate surface area is 162 Å². The quantitative estimate of drug-likeness (QED) is 0.512. The van der Waals surface area contributed by atoms with Crippen LogP contribution in [0.1, 0.15) is 12.5 Å². The fraction of sp³-hybridized carbons (Fsp3) is 0.150. The summed E-state index contributed by atoms with van der Waals surface area (Å²) in [5, 5.41) is 1.12. The smallest absolute Gasteiger partial charge is 0.250 e. The van der Waals surface area contributed by atoms with Crippen molar-refractivity contribution in [1.82, 2.24) is 14.7 Å². The third kappa shape index (κ3) is 3.80. The van der Waals surface area contributed by atoms with Crippen molar-refractivity contribution in [2.24, 2.45) is 0 Å². The van der Waals surface area contributed by atoms with E-state index >= 15 is 0 Å². The SMILES string of the molecule is CC(Cc1c[nH]c2ccccc12)NS(=O)(=O)c1ccc(-c2ccccn2)s1. The summed E-state index contributed by atoms with van der Waals surface area (Å²) >= 11 is 1.23. The lowest BCUT2D eigenvalue weighted by molar-refractivity contribution is 0.562. The van der Waals surface area contributed by atoms with Gasteiger partial charge in [-0.05, 0) is 49.2 Å². The Balaban J connectivity index is 1.50. The van der Waals surface area contributed by atoms with Gasteiger partial charge < -0.3 is 4.98 Å². The number of H-pyrrole nitrogens is 1. The van der Waals surface area contributed by atoms with E-state index in [4.69, 9.17) is 0 Å². The van der Waals surface area contributed by atoms with Crippen LogP contribution in [0.3, 0.4) is 0 Å². The van der Waals surface area contributed by atoms with Crippen LogP contribution >= 0.6 is 11.3 Å². The Morgan fingerprint density at radius 3 is 2.74 bits per heavy atom. The summed E-state index contributed by atoms with van der Waals surface area (Å²) in [6.45, 7) is 1.88. The molecule has 3 aromatic heterocycles. The molecule has 0 amide bonds. The summed E-state index contributed by atoms with van der Waals surface area (Å²) in [6, 6.07) is 16.8. The standard InChI is InChI=1S/C20H19N3O2S2/c1-14(12-15-13-22-17-7-3-2-6-16(15)17)23-27(24,25)20-10-9-19(26-20)18-8-4-5-11-21-18/h2-11,13-14,22-23H,12H2,1H3. The maximum absolute atomic E-state index is 12.8. The van der Waals surface area contributed by atoms with E-state index in [2.05, 4.69) is 14.7 Å². The normalized spacial score (nSPS) is 13.1. The Bertz CT molecular complexity index is 1160. The van der Waals surface area contributed by atoms with Crippen molar-refractivity contribution in [3.05, 3.63) is 72.6 Å². The molecule has 0 spiro atoms.